The average molecular weight is 328 g/mol. The average Bonchev–Trinajstić information content (AvgIpc) is 2.83. The van der Waals surface area contributed by atoms with Gasteiger partial charge in [0, 0.05) is 18.3 Å². The van der Waals surface area contributed by atoms with Gasteiger partial charge in [-0.1, -0.05) is 33.3 Å². The summed E-state index contributed by atoms with van der Waals surface area (Å²) >= 11 is 0. The van der Waals surface area contributed by atoms with Crippen LogP contribution >= 0.6 is 0 Å². The minimum Gasteiger partial charge on any atom is -0.299 e. The molecule has 0 amide bonds. The first kappa shape index (κ1) is 16.5. The molecule has 0 aliphatic heterocycles. The van der Waals surface area contributed by atoms with Crippen molar-refractivity contribution in [1.82, 2.24) is 0 Å². The molecule has 3 fully saturated rings. The highest BCUT2D eigenvalue weighted by Crippen LogP contribution is 2.65. The maximum Gasteiger partial charge on any atom is 0.159 e. The first-order chi connectivity index (χ1) is 11.3. The zero-order valence-corrected chi connectivity index (χ0v) is 15.8. The number of Topliss-reactive ketones (excluding diaryl/α,β-unsaturated/α-hetero) is 2. The van der Waals surface area contributed by atoms with Gasteiger partial charge in [-0.25, -0.2) is 0 Å². The van der Waals surface area contributed by atoms with Gasteiger partial charge in [-0.05, 0) is 73.2 Å². The fourth-order valence-electron chi connectivity index (χ4n) is 7.20. The van der Waals surface area contributed by atoms with Gasteiger partial charge in [0.1, 0.15) is 5.78 Å². The Bertz CT molecular complexity index is 628. The standard InChI is InChI=1S/C22H32O2/c1-13(2)20-17-6-5-14-15-7-8-19(24)22(15,4)11-9-16(14)21(17,3)12-10-18(20)23/h13-16H,5-12H2,1-4H3/t14-,15-,16-,21+,22-/m0/s1. The van der Waals surface area contributed by atoms with Crippen LogP contribution in [0.1, 0.15) is 79.1 Å². The second-order valence-corrected chi connectivity index (χ2v) is 9.72. The van der Waals surface area contributed by atoms with Crippen LogP contribution in [0.2, 0.25) is 0 Å². The Morgan fingerprint density at radius 2 is 1.58 bits per heavy atom. The molecule has 0 aromatic heterocycles. The third-order valence-corrected chi connectivity index (χ3v) is 8.46. The summed E-state index contributed by atoms with van der Waals surface area (Å²) in [4.78, 5) is 25.1. The fourth-order valence-corrected chi connectivity index (χ4v) is 7.20. The summed E-state index contributed by atoms with van der Waals surface area (Å²) in [5.41, 5.74) is 2.84. The predicted octanol–water partition coefficient (Wildman–Crippen LogP) is 5.11. The third kappa shape index (κ3) is 2.01. The predicted molar refractivity (Wildman–Crippen MR) is 95.5 cm³/mol. The van der Waals surface area contributed by atoms with Gasteiger partial charge in [-0.3, -0.25) is 9.59 Å². The molecule has 2 heteroatoms. The van der Waals surface area contributed by atoms with Gasteiger partial charge in [0.25, 0.3) is 0 Å². The Hall–Kier alpha value is -0.920. The molecule has 5 atom stereocenters. The van der Waals surface area contributed by atoms with Crippen LogP contribution in [0.25, 0.3) is 0 Å². The first-order valence-corrected chi connectivity index (χ1v) is 10.1. The van der Waals surface area contributed by atoms with Crippen LogP contribution in [0.15, 0.2) is 11.1 Å². The molecule has 0 heterocycles. The molecule has 0 radical (unpaired) electrons. The summed E-state index contributed by atoms with van der Waals surface area (Å²) in [6.45, 7) is 9.07. The van der Waals surface area contributed by atoms with E-state index in [0.29, 0.717) is 35.2 Å². The molecule has 0 unspecified atom stereocenters. The van der Waals surface area contributed by atoms with Gasteiger partial charge in [0.2, 0.25) is 0 Å². The number of ketones is 2. The Morgan fingerprint density at radius 1 is 0.875 bits per heavy atom. The van der Waals surface area contributed by atoms with Crippen LogP contribution in [-0.4, -0.2) is 11.6 Å². The van der Waals surface area contributed by atoms with E-state index in [2.05, 4.69) is 27.7 Å². The Morgan fingerprint density at radius 3 is 2.29 bits per heavy atom. The maximum atomic E-state index is 12.6. The molecule has 132 valence electrons. The summed E-state index contributed by atoms with van der Waals surface area (Å²) in [6, 6.07) is 0. The van der Waals surface area contributed by atoms with Crippen LogP contribution in [-0.2, 0) is 9.59 Å². The van der Waals surface area contributed by atoms with E-state index in [1.807, 2.05) is 0 Å². The molecule has 0 aromatic rings. The molecular weight excluding hydrogens is 296 g/mol. The quantitative estimate of drug-likeness (QED) is 0.670. The zero-order chi connectivity index (χ0) is 17.3. The highest BCUT2D eigenvalue weighted by molar-refractivity contribution is 5.97. The van der Waals surface area contributed by atoms with E-state index in [-0.39, 0.29) is 10.8 Å². The summed E-state index contributed by atoms with van der Waals surface area (Å²) in [5.74, 6) is 3.28. The molecular formula is C22H32O2. The molecule has 3 saturated carbocycles. The molecule has 2 nitrogen and oxygen atoms in total. The molecule has 4 rings (SSSR count). The summed E-state index contributed by atoms with van der Waals surface area (Å²) < 4.78 is 0. The summed E-state index contributed by atoms with van der Waals surface area (Å²) in [6.07, 6.45) is 8.24. The van der Waals surface area contributed by atoms with E-state index in [4.69, 9.17) is 0 Å². The van der Waals surface area contributed by atoms with Crippen molar-refractivity contribution in [2.75, 3.05) is 0 Å². The number of hydrogen-bond donors (Lipinski definition) is 0. The van der Waals surface area contributed by atoms with Crippen LogP contribution in [0.5, 0.6) is 0 Å². The largest absolute Gasteiger partial charge is 0.299 e. The molecule has 0 aromatic carbocycles. The number of carbonyl (C=O) groups is 2. The van der Waals surface area contributed by atoms with Crippen molar-refractivity contribution >= 4 is 11.6 Å². The molecule has 4 aliphatic rings. The Labute approximate surface area is 146 Å². The lowest BCUT2D eigenvalue weighted by molar-refractivity contribution is -0.132. The molecule has 0 saturated heterocycles. The number of fused-ring (bicyclic) bond motifs is 5. The number of carbonyl (C=O) groups excluding carboxylic acids is 2. The lowest BCUT2D eigenvalue weighted by atomic mass is 9.46. The second kappa shape index (κ2) is 5.29. The van der Waals surface area contributed by atoms with Crippen LogP contribution < -0.4 is 0 Å². The monoisotopic (exact) mass is 328 g/mol. The SMILES string of the molecule is CC(C)C1=C2CC[C@@H]3[C@H](CC[C@]4(C)C(=O)CC[C@@H]34)[C@@]2(C)CCC1=O. The third-order valence-electron chi connectivity index (χ3n) is 8.46. The van der Waals surface area contributed by atoms with Crippen LogP contribution in [0, 0.1) is 34.5 Å². The highest BCUT2D eigenvalue weighted by atomic mass is 16.1. The highest BCUT2D eigenvalue weighted by Gasteiger charge is 2.59. The smallest absolute Gasteiger partial charge is 0.159 e. The second-order valence-electron chi connectivity index (χ2n) is 9.72. The molecule has 0 N–H and O–H groups in total. The van der Waals surface area contributed by atoms with E-state index in [0.717, 1.165) is 44.1 Å². The molecule has 4 aliphatic carbocycles. The van der Waals surface area contributed by atoms with Gasteiger partial charge >= 0.3 is 0 Å². The lowest BCUT2D eigenvalue weighted by Gasteiger charge is -2.57. The number of allylic oxidation sites excluding steroid dienone is 1. The molecule has 0 bridgehead atoms. The summed E-state index contributed by atoms with van der Waals surface area (Å²) in [7, 11) is 0. The minimum atomic E-state index is -0.0376. The normalized spacial score (nSPS) is 45.3. The van der Waals surface area contributed by atoms with Gasteiger partial charge < -0.3 is 0 Å². The van der Waals surface area contributed by atoms with E-state index in [9.17, 15) is 9.59 Å². The van der Waals surface area contributed by atoms with Crippen LogP contribution in [0.4, 0.5) is 0 Å². The molecule has 24 heavy (non-hydrogen) atoms. The Kier molecular flexibility index (Phi) is 3.64. The maximum absolute atomic E-state index is 12.6. The van der Waals surface area contributed by atoms with Crippen molar-refractivity contribution in [3.05, 3.63) is 11.1 Å². The van der Waals surface area contributed by atoms with Gasteiger partial charge in [0.15, 0.2) is 5.78 Å². The number of hydrogen-bond acceptors (Lipinski definition) is 2. The van der Waals surface area contributed by atoms with Crippen molar-refractivity contribution in [3.63, 3.8) is 0 Å². The fraction of sp³-hybridized carbons (Fsp3) is 0.818. The van der Waals surface area contributed by atoms with E-state index >= 15 is 0 Å². The first-order valence-electron chi connectivity index (χ1n) is 10.1. The minimum absolute atomic E-state index is 0.0376. The zero-order valence-electron chi connectivity index (χ0n) is 15.8. The summed E-state index contributed by atoms with van der Waals surface area (Å²) in [5, 5.41) is 0. The topological polar surface area (TPSA) is 34.1 Å². The van der Waals surface area contributed by atoms with E-state index in [1.165, 1.54) is 18.4 Å². The van der Waals surface area contributed by atoms with E-state index < -0.39 is 0 Å². The van der Waals surface area contributed by atoms with Crippen molar-refractivity contribution in [2.24, 2.45) is 34.5 Å². The van der Waals surface area contributed by atoms with Crippen molar-refractivity contribution in [2.45, 2.75) is 79.1 Å². The van der Waals surface area contributed by atoms with Crippen LogP contribution in [0.3, 0.4) is 0 Å². The lowest BCUT2D eigenvalue weighted by Crippen LogP contribution is -2.51. The molecule has 0 spiro atoms. The van der Waals surface area contributed by atoms with Crippen molar-refractivity contribution < 1.29 is 9.59 Å². The Balaban J connectivity index is 1.75. The number of rotatable bonds is 1. The van der Waals surface area contributed by atoms with Crippen molar-refractivity contribution in [3.8, 4) is 0 Å². The van der Waals surface area contributed by atoms with Gasteiger partial charge in [0.05, 0.1) is 0 Å². The van der Waals surface area contributed by atoms with E-state index in [1.54, 1.807) is 0 Å². The van der Waals surface area contributed by atoms with Gasteiger partial charge in [-0.15, -0.1) is 0 Å². The van der Waals surface area contributed by atoms with Gasteiger partial charge in [-0.2, -0.15) is 0 Å². The van der Waals surface area contributed by atoms with Crippen molar-refractivity contribution in [1.29, 1.82) is 0 Å².